The zero-order valence-electron chi connectivity index (χ0n) is 38.5. The summed E-state index contributed by atoms with van der Waals surface area (Å²) in [5.41, 5.74) is 0. The third-order valence-electron chi connectivity index (χ3n) is 11.3. The van der Waals surface area contributed by atoms with Gasteiger partial charge in [0, 0.05) is 0 Å². The van der Waals surface area contributed by atoms with E-state index >= 15 is 0 Å². The van der Waals surface area contributed by atoms with Crippen LogP contribution in [0.15, 0.2) is 48.6 Å². The minimum absolute atomic E-state index is 0.264. The van der Waals surface area contributed by atoms with E-state index in [9.17, 15) is 28.0 Å². The van der Waals surface area contributed by atoms with E-state index in [1.165, 1.54) is 167 Å². The zero-order chi connectivity index (χ0) is 43.3. The highest BCUT2D eigenvalue weighted by atomic mass is 32.2. The molecular formula is C51H95NO6S. The molecule has 0 spiro atoms. The van der Waals surface area contributed by atoms with Gasteiger partial charge >= 0.3 is 0 Å². The van der Waals surface area contributed by atoms with Gasteiger partial charge in [-0.1, -0.05) is 223 Å². The molecule has 0 aromatic rings. The maximum absolute atomic E-state index is 12.7. The molecule has 0 radical (unpaired) electrons. The fraction of sp³-hybridized carbons (Fsp3) is 0.824. The lowest BCUT2D eigenvalue weighted by Gasteiger charge is -2.22. The molecule has 1 amide bonds. The Labute approximate surface area is 365 Å². The summed E-state index contributed by atoms with van der Waals surface area (Å²) in [5.74, 6) is -1.57. The summed E-state index contributed by atoms with van der Waals surface area (Å²) in [5, 5.41) is 23.5. The Morgan fingerprint density at radius 1 is 0.458 bits per heavy atom. The van der Waals surface area contributed by atoms with E-state index in [0.717, 1.165) is 51.4 Å². The van der Waals surface area contributed by atoms with Crippen LogP contribution >= 0.6 is 0 Å². The molecule has 0 saturated carbocycles. The van der Waals surface area contributed by atoms with Crippen molar-refractivity contribution in [3.63, 3.8) is 0 Å². The lowest BCUT2D eigenvalue weighted by Crippen LogP contribution is -2.50. The molecule has 0 saturated heterocycles. The predicted octanol–water partition coefficient (Wildman–Crippen LogP) is 14.4. The molecule has 0 rings (SSSR count). The lowest BCUT2D eigenvalue weighted by atomic mass is 10.0. The maximum atomic E-state index is 12.7. The molecule has 0 bridgehead atoms. The number of allylic oxidation sites excluding steroid dienone is 7. The number of aliphatic hydroxyl groups excluding tert-OH is 2. The summed E-state index contributed by atoms with van der Waals surface area (Å²) in [6.07, 6.45) is 57.5. The second kappa shape index (κ2) is 44.3. The highest BCUT2D eigenvalue weighted by molar-refractivity contribution is 7.85. The second-order valence-corrected chi connectivity index (χ2v) is 18.7. The number of hydrogen-bond acceptors (Lipinski definition) is 5. The first-order valence-electron chi connectivity index (χ1n) is 24.9. The topological polar surface area (TPSA) is 124 Å². The molecule has 0 aromatic carbocycles. The summed E-state index contributed by atoms with van der Waals surface area (Å²) in [7, 11) is -4.46. The Balaban J connectivity index is 4.00. The molecule has 3 atom stereocenters. The summed E-state index contributed by atoms with van der Waals surface area (Å²) in [4.78, 5) is 12.7. The van der Waals surface area contributed by atoms with Crippen molar-refractivity contribution in [2.75, 3.05) is 5.75 Å². The quantitative estimate of drug-likeness (QED) is 0.0275. The van der Waals surface area contributed by atoms with Gasteiger partial charge in [-0.25, -0.2) is 0 Å². The molecule has 4 N–H and O–H groups in total. The van der Waals surface area contributed by atoms with E-state index in [0.29, 0.717) is 12.8 Å². The number of rotatable bonds is 45. The summed E-state index contributed by atoms with van der Waals surface area (Å²) in [6, 6.07) is -1.26. The molecule has 59 heavy (non-hydrogen) atoms. The third-order valence-corrected chi connectivity index (χ3v) is 12.1. The average molecular weight is 850 g/mol. The number of hydrogen-bond donors (Lipinski definition) is 4. The number of aliphatic hydroxyl groups is 2. The van der Waals surface area contributed by atoms with Gasteiger partial charge < -0.3 is 15.5 Å². The molecular weight excluding hydrogens is 755 g/mol. The van der Waals surface area contributed by atoms with Gasteiger partial charge in [0.05, 0.1) is 17.9 Å². The Kier molecular flexibility index (Phi) is 43.0. The standard InChI is InChI=1S/C51H95NO6S/c1-3-5-7-9-11-13-15-17-19-21-23-25-27-29-31-33-35-37-39-41-43-45-49(53)48(47-59(56,57)58)52-51(55)50(54)46-44-42-40-38-36-34-32-30-28-26-24-22-20-18-16-14-12-10-8-6-4-2/h27-30,35,37,43,45,48-50,53-54H,3-26,31-34,36,38-42,44,46-47H2,1-2H3,(H,52,55)(H,56,57,58)/b29-27+,30-28-,37-35+,45-43+. The van der Waals surface area contributed by atoms with Gasteiger partial charge in [0.1, 0.15) is 6.10 Å². The largest absolute Gasteiger partial charge is 0.387 e. The first kappa shape index (κ1) is 57.3. The van der Waals surface area contributed by atoms with E-state index in [-0.39, 0.29) is 6.42 Å². The van der Waals surface area contributed by atoms with Gasteiger partial charge in [0.2, 0.25) is 5.91 Å². The number of carbonyl (C=O) groups is 1. The monoisotopic (exact) mass is 850 g/mol. The molecule has 0 heterocycles. The van der Waals surface area contributed by atoms with Gasteiger partial charge in [0.15, 0.2) is 0 Å². The van der Waals surface area contributed by atoms with Crippen molar-refractivity contribution in [2.45, 2.75) is 263 Å². The van der Waals surface area contributed by atoms with Gasteiger partial charge in [-0.3, -0.25) is 9.35 Å². The SMILES string of the molecule is CCCCCCCCCCCCC/C=C\CCCCCCCCC(O)C(=O)NC(CS(=O)(=O)O)C(O)/C=C/CC/C=C/CC/C=C/CCCCCCCCCCCCC. The first-order valence-corrected chi connectivity index (χ1v) is 26.6. The highest BCUT2D eigenvalue weighted by Crippen LogP contribution is 2.15. The van der Waals surface area contributed by atoms with Crippen LogP contribution in [0.4, 0.5) is 0 Å². The normalized spacial score (nSPS) is 14.1. The van der Waals surface area contributed by atoms with Crippen molar-refractivity contribution in [1.82, 2.24) is 5.32 Å². The van der Waals surface area contributed by atoms with E-state index in [1.54, 1.807) is 6.08 Å². The molecule has 0 aliphatic heterocycles. The van der Waals surface area contributed by atoms with Crippen molar-refractivity contribution in [3.05, 3.63) is 48.6 Å². The van der Waals surface area contributed by atoms with Gasteiger partial charge in [-0.15, -0.1) is 0 Å². The molecule has 0 aromatic heterocycles. The third kappa shape index (κ3) is 44.1. The number of carbonyl (C=O) groups excluding carboxylic acids is 1. The van der Waals surface area contributed by atoms with Gasteiger partial charge in [-0.05, 0) is 70.6 Å². The highest BCUT2D eigenvalue weighted by Gasteiger charge is 2.27. The van der Waals surface area contributed by atoms with Crippen molar-refractivity contribution in [3.8, 4) is 0 Å². The maximum Gasteiger partial charge on any atom is 0.267 e. The summed E-state index contributed by atoms with van der Waals surface area (Å²) < 4.78 is 32.7. The number of unbranched alkanes of at least 4 members (excludes halogenated alkanes) is 30. The second-order valence-electron chi connectivity index (χ2n) is 17.2. The van der Waals surface area contributed by atoms with E-state index in [4.69, 9.17) is 0 Å². The Morgan fingerprint density at radius 3 is 1.12 bits per heavy atom. The Morgan fingerprint density at radius 2 is 0.763 bits per heavy atom. The molecule has 0 aliphatic carbocycles. The molecule has 7 nitrogen and oxygen atoms in total. The lowest BCUT2D eigenvalue weighted by molar-refractivity contribution is -0.130. The van der Waals surface area contributed by atoms with Crippen LogP contribution in [0.5, 0.6) is 0 Å². The van der Waals surface area contributed by atoms with Crippen LogP contribution in [0.25, 0.3) is 0 Å². The summed E-state index contributed by atoms with van der Waals surface area (Å²) >= 11 is 0. The molecule has 346 valence electrons. The van der Waals surface area contributed by atoms with Crippen LogP contribution in [-0.2, 0) is 14.9 Å². The fourth-order valence-corrected chi connectivity index (χ4v) is 8.22. The minimum atomic E-state index is -4.46. The Bertz CT molecular complexity index is 1130. The molecule has 3 unspecified atom stereocenters. The Hall–Kier alpha value is -1.74. The van der Waals surface area contributed by atoms with Crippen LogP contribution in [-0.4, -0.2) is 53.1 Å². The van der Waals surface area contributed by atoms with Gasteiger partial charge in [-0.2, -0.15) is 8.42 Å². The fourth-order valence-electron chi connectivity index (χ4n) is 7.48. The van der Waals surface area contributed by atoms with Crippen LogP contribution in [0, 0.1) is 0 Å². The van der Waals surface area contributed by atoms with E-state index < -0.39 is 40.0 Å². The average Bonchev–Trinajstić information content (AvgIpc) is 3.21. The number of nitrogens with one attached hydrogen (secondary N) is 1. The van der Waals surface area contributed by atoms with Crippen LogP contribution in [0.1, 0.15) is 245 Å². The molecule has 0 fully saturated rings. The minimum Gasteiger partial charge on any atom is -0.387 e. The summed E-state index contributed by atoms with van der Waals surface area (Å²) in [6.45, 7) is 4.54. The smallest absolute Gasteiger partial charge is 0.267 e. The van der Waals surface area contributed by atoms with Crippen molar-refractivity contribution < 1.29 is 28.0 Å². The van der Waals surface area contributed by atoms with Crippen LogP contribution in [0.3, 0.4) is 0 Å². The molecule has 0 aliphatic rings. The van der Waals surface area contributed by atoms with E-state index in [1.807, 2.05) is 0 Å². The number of amides is 1. The van der Waals surface area contributed by atoms with Crippen LogP contribution < -0.4 is 5.32 Å². The van der Waals surface area contributed by atoms with Crippen molar-refractivity contribution >= 4 is 16.0 Å². The predicted molar refractivity (Wildman–Crippen MR) is 254 cm³/mol. The zero-order valence-corrected chi connectivity index (χ0v) is 39.3. The van der Waals surface area contributed by atoms with E-state index in [2.05, 4.69) is 55.6 Å². The van der Waals surface area contributed by atoms with Crippen LogP contribution in [0.2, 0.25) is 0 Å². The van der Waals surface area contributed by atoms with Gasteiger partial charge in [0.25, 0.3) is 10.1 Å². The van der Waals surface area contributed by atoms with Crippen molar-refractivity contribution in [1.29, 1.82) is 0 Å². The molecule has 8 heteroatoms. The van der Waals surface area contributed by atoms with Crippen molar-refractivity contribution in [2.24, 2.45) is 0 Å². The first-order chi connectivity index (χ1) is 28.7.